The first-order chi connectivity index (χ1) is 16.0. The van der Waals surface area contributed by atoms with Crippen LogP contribution in [0.3, 0.4) is 0 Å². The number of para-hydroxylation sites is 2. The Morgan fingerprint density at radius 3 is 2.52 bits per heavy atom. The zero-order chi connectivity index (χ0) is 23.0. The van der Waals surface area contributed by atoms with Crippen molar-refractivity contribution < 1.29 is 9.59 Å². The summed E-state index contributed by atoms with van der Waals surface area (Å²) >= 11 is 6.07. The van der Waals surface area contributed by atoms with E-state index in [1.165, 1.54) is 12.8 Å². The van der Waals surface area contributed by atoms with Gasteiger partial charge in [0.2, 0.25) is 5.91 Å². The van der Waals surface area contributed by atoms with Crippen LogP contribution in [0.1, 0.15) is 61.6 Å². The van der Waals surface area contributed by atoms with E-state index in [1.54, 1.807) is 4.90 Å². The first kappa shape index (κ1) is 22.0. The van der Waals surface area contributed by atoms with E-state index in [0.29, 0.717) is 23.9 Å². The fourth-order valence-corrected chi connectivity index (χ4v) is 5.24. The Morgan fingerprint density at radius 2 is 1.79 bits per heavy atom. The number of fused-ring (bicyclic) bond motifs is 3. The quantitative estimate of drug-likeness (QED) is 0.556. The SMILES string of the molecule is C[C@@]1(C(=O)NC2CCCCCC2)Cn2c(nc3ccccc32)C(=O)N1Cc1ccc(Cl)cc1. The molecule has 0 saturated heterocycles. The predicted molar refractivity (Wildman–Crippen MR) is 129 cm³/mol. The Labute approximate surface area is 198 Å². The normalized spacial score (nSPS) is 21.6. The number of hydrogen-bond donors (Lipinski definition) is 1. The van der Waals surface area contributed by atoms with Gasteiger partial charge in [0.15, 0.2) is 5.82 Å². The topological polar surface area (TPSA) is 67.2 Å². The number of halogens is 1. The molecule has 33 heavy (non-hydrogen) atoms. The van der Waals surface area contributed by atoms with Gasteiger partial charge in [-0.05, 0) is 49.6 Å². The number of carbonyl (C=O) groups excluding carboxylic acids is 2. The molecule has 0 spiro atoms. The van der Waals surface area contributed by atoms with E-state index >= 15 is 0 Å². The van der Waals surface area contributed by atoms with Gasteiger partial charge in [-0.3, -0.25) is 9.59 Å². The van der Waals surface area contributed by atoms with Crippen LogP contribution in [-0.4, -0.2) is 37.8 Å². The molecule has 7 heteroatoms. The van der Waals surface area contributed by atoms with Gasteiger partial charge in [-0.1, -0.05) is 61.5 Å². The molecule has 5 rings (SSSR count). The molecule has 1 aliphatic heterocycles. The molecule has 2 heterocycles. The largest absolute Gasteiger partial charge is 0.351 e. The van der Waals surface area contributed by atoms with Crippen molar-refractivity contribution in [2.75, 3.05) is 0 Å². The molecule has 0 radical (unpaired) electrons. The van der Waals surface area contributed by atoms with E-state index in [2.05, 4.69) is 10.3 Å². The Balaban J connectivity index is 1.53. The third-order valence-corrected chi connectivity index (χ3v) is 7.34. The molecule has 172 valence electrons. The minimum absolute atomic E-state index is 0.0971. The monoisotopic (exact) mass is 464 g/mol. The zero-order valence-electron chi connectivity index (χ0n) is 18.9. The smallest absolute Gasteiger partial charge is 0.291 e. The summed E-state index contributed by atoms with van der Waals surface area (Å²) in [5, 5.41) is 3.94. The van der Waals surface area contributed by atoms with Crippen molar-refractivity contribution in [2.45, 2.75) is 70.1 Å². The van der Waals surface area contributed by atoms with Crippen LogP contribution in [0.25, 0.3) is 11.0 Å². The second kappa shape index (κ2) is 8.82. The van der Waals surface area contributed by atoms with Gasteiger partial charge in [-0.15, -0.1) is 0 Å². The maximum atomic E-state index is 13.8. The van der Waals surface area contributed by atoms with E-state index in [9.17, 15) is 9.59 Å². The van der Waals surface area contributed by atoms with Gasteiger partial charge in [-0.2, -0.15) is 0 Å². The Bertz CT molecular complexity index is 1180. The van der Waals surface area contributed by atoms with Crippen molar-refractivity contribution in [2.24, 2.45) is 0 Å². The Kier molecular flexibility index (Phi) is 5.87. The van der Waals surface area contributed by atoms with E-state index in [-0.39, 0.29) is 17.9 Å². The summed E-state index contributed by atoms with van der Waals surface area (Å²) in [5.41, 5.74) is 1.52. The number of benzene rings is 2. The van der Waals surface area contributed by atoms with Crippen molar-refractivity contribution in [3.05, 3.63) is 64.9 Å². The molecule has 1 aromatic heterocycles. The first-order valence-electron chi connectivity index (χ1n) is 11.8. The fraction of sp³-hybridized carbons (Fsp3) is 0.423. The molecule has 2 amide bonds. The molecule has 1 aliphatic carbocycles. The van der Waals surface area contributed by atoms with Crippen LogP contribution in [-0.2, 0) is 17.9 Å². The summed E-state index contributed by atoms with van der Waals surface area (Å²) in [7, 11) is 0. The zero-order valence-corrected chi connectivity index (χ0v) is 19.6. The van der Waals surface area contributed by atoms with E-state index in [1.807, 2.05) is 60.0 Å². The minimum Gasteiger partial charge on any atom is -0.351 e. The molecular formula is C26H29ClN4O2. The van der Waals surface area contributed by atoms with Crippen LogP contribution >= 0.6 is 11.6 Å². The van der Waals surface area contributed by atoms with Gasteiger partial charge in [0.1, 0.15) is 5.54 Å². The highest BCUT2D eigenvalue weighted by atomic mass is 35.5. The number of nitrogens with one attached hydrogen (secondary N) is 1. The summed E-state index contributed by atoms with van der Waals surface area (Å²) in [5.74, 6) is 0.0518. The molecule has 1 saturated carbocycles. The number of carbonyl (C=O) groups is 2. The molecule has 0 unspecified atom stereocenters. The molecular weight excluding hydrogens is 436 g/mol. The number of imidazole rings is 1. The lowest BCUT2D eigenvalue weighted by molar-refractivity contribution is -0.134. The van der Waals surface area contributed by atoms with Crippen LogP contribution in [0.4, 0.5) is 0 Å². The molecule has 2 aliphatic rings. The third-order valence-electron chi connectivity index (χ3n) is 7.09. The molecule has 3 aromatic rings. The standard InChI is InChI=1S/C26H29ClN4O2/c1-26(25(33)28-20-8-4-2-3-5-9-20)17-30-22-11-7-6-10-21(22)29-23(30)24(32)31(26)16-18-12-14-19(27)15-13-18/h6-7,10-15,20H,2-5,8-9,16-17H2,1H3,(H,28,33)/t26-/m0/s1. The van der Waals surface area contributed by atoms with E-state index in [0.717, 1.165) is 42.3 Å². The second-order valence-corrected chi connectivity index (χ2v) is 9.90. The highest BCUT2D eigenvalue weighted by molar-refractivity contribution is 6.30. The van der Waals surface area contributed by atoms with Crippen molar-refractivity contribution in [1.29, 1.82) is 0 Å². The summed E-state index contributed by atoms with van der Waals surface area (Å²) in [6.07, 6.45) is 6.68. The van der Waals surface area contributed by atoms with E-state index in [4.69, 9.17) is 11.6 Å². The predicted octanol–water partition coefficient (Wildman–Crippen LogP) is 4.94. The summed E-state index contributed by atoms with van der Waals surface area (Å²) in [6.45, 7) is 2.55. The molecule has 1 fully saturated rings. The molecule has 0 bridgehead atoms. The lowest BCUT2D eigenvalue weighted by Crippen LogP contribution is -2.64. The van der Waals surface area contributed by atoms with Gasteiger partial charge in [0.25, 0.3) is 5.91 Å². The van der Waals surface area contributed by atoms with Crippen LogP contribution in [0.2, 0.25) is 5.02 Å². The molecule has 1 atom stereocenters. The Hall–Kier alpha value is -2.86. The van der Waals surface area contributed by atoms with Crippen molar-refractivity contribution in [1.82, 2.24) is 19.8 Å². The highest BCUT2D eigenvalue weighted by Crippen LogP contribution is 2.32. The average molecular weight is 465 g/mol. The average Bonchev–Trinajstić information content (AvgIpc) is 2.98. The van der Waals surface area contributed by atoms with Gasteiger partial charge >= 0.3 is 0 Å². The lowest BCUT2D eigenvalue weighted by atomic mass is 9.93. The number of aromatic nitrogens is 2. The number of hydrogen-bond acceptors (Lipinski definition) is 3. The van der Waals surface area contributed by atoms with Crippen LogP contribution in [0.5, 0.6) is 0 Å². The van der Waals surface area contributed by atoms with Gasteiger partial charge in [0.05, 0.1) is 17.6 Å². The van der Waals surface area contributed by atoms with Crippen molar-refractivity contribution >= 4 is 34.4 Å². The van der Waals surface area contributed by atoms with E-state index < -0.39 is 5.54 Å². The number of nitrogens with zero attached hydrogens (tertiary/aromatic N) is 3. The van der Waals surface area contributed by atoms with Crippen LogP contribution < -0.4 is 5.32 Å². The maximum absolute atomic E-state index is 13.8. The lowest BCUT2D eigenvalue weighted by Gasteiger charge is -2.44. The van der Waals surface area contributed by atoms with Gasteiger partial charge in [-0.25, -0.2) is 4.98 Å². The highest BCUT2D eigenvalue weighted by Gasteiger charge is 2.48. The van der Waals surface area contributed by atoms with Gasteiger partial charge in [0, 0.05) is 17.6 Å². The summed E-state index contributed by atoms with van der Waals surface area (Å²) in [4.78, 5) is 33.9. The van der Waals surface area contributed by atoms with Crippen molar-refractivity contribution in [3.63, 3.8) is 0 Å². The minimum atomic E-state index is -1.04. The van der Waals surface area contributed by atoms with Crippen LogP contribution in [0.15, 0.2) is 48.5 Å². The number of rotatable bonds is 4. The van der Waals surface area contributed by atoms with Gasteiger partial charge < -0.3 is 14.8 Å². The summed E-state index contributed by atoms with van der Waals surface area (Å²) in [6, 6.07) is 15.3. The van der Waals surface area contributed by atoms with Crippen LogP contribution in [0, 0.1) is 0 Å². The second-order valence-electron chi connectivity index (χ2n) is 9.46. The molecule has 1 N–H and O–H groups in total. The fourth-order valence-electron chi connectivity index (χ4n) is 5.11. The van der Waals surface area contributed by atoms with Crippen molar-refractivity contribution in [3.8, 4) is 0 Å². The first-order valence-corrected chi connectivity index (χ1v) is 12.2. The number of amides is 2. The molecule has 6 nitrogen and oxygen atoms in total. The molecule has 2 aromatic carbocycles. The maximum Gasteiger partial charge on any atom is 0.291 e. The Morgan fingerprint density at radius 1 is 1.09 bits per heavy atom. The summed E-state index contributed by atoms with van der Waals surface area (Å²) < 4.78 is 1.91. The third kappa shape index (κ3) is 4.12.